The number of hydrazone groups is 1. The number of nitrogens with one attached hydrogen (secondary N) is 1. The first-order valence-electron chi connectivity index (χ1n) is 5.99. The van der Waals surface area contributed by atoms with Gasteiger partial charge in [-0.1, -0.05) is 12.1 Å². The molecule has 5 N–H and O–H groups in total. The van der Waals surface area contributed by atoms with Crippen LogP contribution < -0.4 is 16.9 Å². The molecule has 0 bridgehead atoms. The van der Waals surface area contributed by atoms with E-state index in [1.54, 1.807) is 24.3 Å². The summed E-state index contributed by atoms with van der Waals surface area (Å²) in [5.41, 5.74) is 6.63. The smallest absolute Gasteiger partial charge is 0.382 e. The average Bonchev–Trinajstić information content (AvgIpc) is 2.46. The minimum atomic E-state index is -4.35. The maximum atomic E-state index is 12.5. The monoisotopic (exact) mass is 294 g/mol. The van der Waals surface area contributed by atoms with Crippen LogP contribution in [0, 0.1) is 0 Å². The Morgan fingerprint density at radius 2 is 1.62 bits per heavy atom. The third kappa shape index (κ3) is 3.44. The van der Waals surface area contributed by atoms with Crippen molar-refractivity contribution in [1.82, 2.24) is 0 Å². The average molecular weight is 294 g/mol. The van der Waals surface area contributed by atoms with Crippen molar-refractivity contribution in [3.63, 3.8) is 0 Å². The number of rotatable bonds is 3. The van der Waals surface area contributed by atoms with Crippen molar-refractivity contribution in [1.29, 1.82) is 0 Å². The van der Waals surface area contributed by atoms with Gasteiger partial charge in [0.1, 0.15) is 0 Å². The molecule has 0 aliphatic rings. The van der Waals surface area contributed by atoms with Gasteiger partial charge in [-0.25, -0.2) is 0 Å². The molecule has 0 aromatic heterocycles. The van der Waals surface area contributed by atoms with Crippen molar-refractivity contribution in [2.24, 2.45) is 16.7 Å². The van der Waals surface area contributed by atoms with Gasteiger partial charge >= 0.3 is 6.18 Å². The van der Waals surface area contributed by atoms with Gasteiger partial charge in [0.15, 0.2) is 5.84 Å². The van der Waals surface area contributed by atoms with Crippen molar-refractivity contribution in [3.05, 3.63) is 59.7 Å². The second kappa shape index (κ2) is 5.74. The molecule has 0 unspecified atom stereocenters. The second-order valence-corrected chi connectivity index (χ2v) is 4.26. The highest BCUT2D eigenvalue weighted by Gasteiger charge is 2.29. The Labute approximate surface area is 119 Å². The second-order valence-electron chi connectivity index (χ2n) is 4.26. The van der Waals surface area contributed by atoms with Crippen molar-refractivity contribution >= 4 is 17.2 Å². The molecule has 2 aromatic carbocycles. The quantitative estimate of drug-likeness (QED) is 0.352. The standard InChI is InChI=1S/C14H13F3N4/c15-14(16,17)9-5-7-10(8-6-9)20-12-4-2-1-3-11(12)13(18)21-19/h1-8,20H,19H2,(H2,18,21). The number of alkyl halides is 3. The maximum absolute atomic E-state index is 12.5. The van der Waals surface area contributed by atoms with Gasteiger partial charge in [-0.05, 0) is 36.4 Å². The lowest BCUT2D eigenvalue weighted by Crippen LogP contribution is -2.17. The Bertz CT molecular complexity index is 648. The van der Waals surface area contributed by atoms with Gasteiger partial charge < -0.3 is 16.9 Å². The summed E-state index contributed by atoms with van der Waals surface area (Å²) in [5.74, 6) is 5.27. The molecular weight excluding hydrogens is 281 g/mol. The van der Waals surface area contributed by atoms with Crippen LogP contribution in [0.25, 0.3) is 0 Å². The Morgan fingerprint density at radius 3 is 2.19 bits per heavy atom. The number of anilines is 2. The van der Waals surface area contributed by atoms with Crippen LogP contribution in [-0.2, 0) is 6.18 Å². The van der Waals surface area contributed by atoms with Gasteiger partial charge in [0.05, 0.1) is 5.56 Å². The van der Waals surface area contributed by atoms with Crippen LogP contribution in [0.5, 0.6) is 0 Å². The predicted octanol–water partition coefficient (Wildman–Crippen LogP) is 3.03. The summed E-state index contributed by atoms with van der Waals surface area (Å²) < 4.78 is 37.5. The summed E-state index contributed by atoms with van der Waals surface area (Å²) in [6.45, 7) is 0. The lowest BCUT2D eigenvalue weighted by atomic mass is 10.1. The third-order valence-corrected chi connectivity index (χ3v) is 2.83. The van der Waals surface area contributed by atoms with Crippen LogP contribution in [0.3, 0.4) is 0 Å². The third-order valence-electron chi connectivity index (χ3n) is 2.83. The molecule has 7 heteroatoms. The summed E-state index contributed by atoms with van der Waals surface area (Å²) in [7, 11) is 0. The van der Waals surface area contributed by atoms with E-state index in [1.807, 2.05) is 0 Å². The zero-order chi connectivity index (χ0) is 15.5. The zero-order valence-electron chi connectivity index (χ0n) is 10.9. The summed E-state index contributed by atoms with van der Waals surface area (Å²) >= 11 is 0. The van der Waals surface area contributed by atoms with Gasteiger partial charge in [-0.15, -0.1) is 0 Å². The number of halogens is 3. The number of hydrogen-bond acceptors (Lipinski definition) is 3. The molecule has 0 amide bonds. The van der Waals surface area contributed by atoms with Crippen molar-refractivity contribution in [2.75, 3.05) is 5.32 Å². The van der Waals surface area contributed by atoms with E-state index < -0.39 is 11.7 Å². The minimum absolute atomic E-state index is 0.130. The van der Waals surface area contributed by atoms with Gasteiger partial charge in [0.25, 0.3) is 0 Å². The SMILES string of the molecule is NN=C(N)c1ccccc1Nc1ccc(C(F)(F)F)cc1. The summed E-state index contributed by atoms with van der Waals surface area (Å²) in [6, 6.07) is 11.6. The van der Waals surface area contributed by atoms with Crippen molar-refractivity contribution < 1.29 is 13.2 Å². The van der Waals surface area contributed by atoms with Crippen LogP contribution in [-0.4, -0.2) is 5.84 Å². The maximum Gasteiger partial charge on any atom is 0.416 e. The van der Waals surface area contributed by atoms with Gasteiger partial charge in [-0.3, -0.25) is 0 Å². The molecule has 110 valence electrons. The molecule has 21 heavy (non-hydrogen) atoms. The number of nitrogens with two attached hydrogens (primary N) is 2. The minimum Gasteiger partial charge on any atom is -0.382 e. The van der Waals surface area contributed by atoms with Crippen LogP contribution in [0.15, 0.2) is 53.6 Å². The van der Waals surface area contributed by atoms with E-state index in [0.29, 0.717) is 16.9 Å². The van der Waals surface area contributed by atoms with E-state index in [4.69, 9.17) is 11.6 Å². The molecular formula is C14H13F3N4. The molecule has 0 saturated heterocycles. The predicted molar refractivity (Wildman–Crippen MR) is 76.1 cm³/mol. The Hall–Kier alpha value is -2.70. The van der Waals surface area contributed by atoms with Gasteiger partial charge in [0.2, 0.25) is 0 Å². The fourth-order valence-electron chi connectivity index (χ4n) is 1.78. The van der Waals surface area contributed by atoms with Gasteiger partial charge in [-0.2, -0.15) is 18.3 Å². The number of amidine groups is 1. The molecule has 0 radical (unpaired) electrons. The zero-order valence-corrected chi connectivity index (χ0v) is 10.9. The number of para-hydroxylation sites is 1. The molecule has 0 fully saturated rings. The number of benzene rings is 2. The lowest BCUT2D eigenvalue weighted by molar-refractivity contribution is -0.137. The molecule has 0 heterocycles. The fraction of sp³-hybridized carbons (Fsp3) is 0.0714. The van der Waals surface area contributed by atoms with Crippen LogP contribution in [0.2, 0.25) is 0 Å². The molecule has 2 rings (SSSR count). The lowest BCUT2D eigenvalue weighted by Gasteiger charge is -2.12. The summed E-state index contributed by atoms with van der Waals surface area (Å²) in [5, 5.41) is 6.40. The Kier molecular flexibility index (Phi) is 4.02. The molecule has 0 spiro atoms. The van der Waals surface area contributed by atoms with Crippen molar-refractivity contribution in [2.45, 2.75) is 6.18 Å². The highest BCUT2D eigenvalue weighted by molar-refractivity contribution is 6.02. The topological polar surface area (TPSA) is 76.4 Å². The van der Waals surface area contributed by atoms with Crippen LogP contribution >= 0.6 is 0 Å². The van der Waals surface area contributed by atoms with Crippen molar-refractivity contribution in [3.8, 4) is 0 Å². The first kappa shape index (κ1) is 14.7. The first-order valence-corrected chi connectivity index (χ1v) is 5.99. The number of hydrogen-bond donors (Lipinski definition) is 3. The molecule has 4 nitrogen and oxygen atoms in total. The van der Waals surface area contributed by atoms with Crippen LogP contribution in [0.1, 0.15) is 11.1 Å². The molecule has 0 aliphatic heterocycles. The number of nitrogens with zero attached hydrogens (tertiary/aromatic N) is 1. The van der Waals surface area contributed by atoms with E-state index >= 15 is 0 Å². The summed E-state index contributed by atoms with van der Waals surface area (Å²) in [6.07, 6.45) is -4.35. The Morgan fingerprint density at radius 1 is 1.00 bits per heavy atom. The van der Waals surface area contributed by atoms with E-state index in [9.17, 15) is 13.2 Å². The first-order chi connectivity index (χ1) is 9.91. The van der Waals surface area contributed by atoms with Gasteiger partial charge in [0, 0.05) is 16.9 Å². The van der Waals surface area contributed by atoms with E-state index in [2.05, 4.69) is 10.4 Å². The Balaban J connectivity index is 2.27. The summed E-state index contributed by atoms with van der Waals surface area (Å²) in [4.78, 5) is 0. The van der Waals surface area contributed by atoms with E-state index in [0.717, 1.165) is 12.1 Å². The van der Waals surface area contributed by atoms with E-state index in [-0.39, 0.29) is 5.84 Å². The highest BCUT2D eigenvalue weighted by atomic mass is 19.4. The van der Waals surface area contributed by atoms with Crippen LogP contribution in [0.4, 0.5) is 24.5 Å². The fourth-order valence-corrected chi connectivity index (χ4v) is 1.78. The largest absolute Gasteiger partial charge is 0.416 e. The molecule has 0 saturated carbocycles. The molecule has 0 aliphatic carbocycles. The highest BCUT2D eigenvalue weighted by Crippen LogP contribution is 2.30. The molecule has 0 atom stereocenters. The van der Waals surface area contributed by atoms with E-state index in [1.165, 1.54) is 12.1 Å². The molecule has 2 aromatic rings. The normalized spacial score (nSPS) is 12.2.